The van der Waals surface area contributed by atoms with Gasteiger partial charge in [-0.2, -0.15) is 18.2 Å². The van der Waals surface area contributed by atoms with Crippen LogP contribution in [0, 0.1) is 0 Å². The molecule has 1 aliphatic heterocycles. The van der Waals surface area contributed by atoms with Gasteiger partial charge in [-0.15, -0.1) is 10.2 Å². The summed E-state index contributed by atoms with van der Waals surface area (Å²) in [6.07, 6.45) is 3.17. The van der Waals surface area contributed by atoms with Crippen LogP contribution >= 0.6 is 0 Å². The summed E-state index contributed by atoms with van der Waals surface area (Å²) in [5.74, 6) is 0.293. The average molecular weight is 542 g/mol. The highest BCUT2D eigenvalue weighted by molar-refractivity contribution is 7.85. The zero-order valence-electron chi connectivity index (χ0n) is 20.9. The monoisotopic (exact) mass is 541 g/mol. The van der Waals surface area contributed by atoms with Gasteiger partial charge in [-0.05, 0) is 43.2 Å². The number of nitrogens with zero attached hydrogens (tertiary/aromatic N) is 7. The third kappa shape index (κ3) is 5.61. The van der Waals surface area contributed by atoms with Crippen LogP contribution < -0.4 is 4.90 Å². The second-order valence-corrected chi connectivity index (χ2v) is 9.80. The van der Waals surface area contributed by atoms with Gasteiger partial charge in [0.25, 0.3) is 16.6 Å². The van der Waals surface area contributed by atoms with E-state index in [1.54, 1.807) is 6.07 Å². The Labute approximate surface area is 219 Å². The van der Waals surface area contributed by atoms with E-state index < -0.39 is 10.1 Å². The molecule has 0 spiro atoms. The molecule has 0 unspecified atom stereocenters. The lowest BCUT2D eigenvalue weighted by molar-refractivity contribution is -0.127. The quantitative estimate of drug-likeness (QED) is 0.256. The Morgan fingerprint density at radius 3 is 2.50 bits per heavy atom. The third-order valence-electron chi connectivity index (χ3n) is 5.71. The highest BCUT2D eigenvalue weighted by Gasteiger charge is 2.30. The standard InChI is InChI=1S/C24H27N7O6S/c1-3-9-30(10-4-2)17-5-6-19(16(11-17)13-32)26-22-21(14-37-15-33)29-31-23(27-28-24(22)31)20-12-18(7-8-25-20)38(34,35)36/h5-8,11-12,15,32H,3-4,9-10,13-14H2,1-2H3,(H,34,35,36). The Balaban J connectivity index is 1.78. The zero-order valence-corrected chi connectivity index (χ0v) is 21.7. The number of ether oxygens (including phenoxy) is 1. The third-order valence-corrected chi connectivity index (χ3v) is 6.56. The first-order valence-corrected chi connectivity index (χ1v) is 13.3. The molecule has 3 heterocycles. The maximum absolute atomic E-state index is 11.6. The van der Waals surface area contributed by atoms with Gasteiger partial charge >= 0.3 is 0 Å². The number of fused-ring (bicyclic) bond motifs is 1. The van der Waals surface area contributed by atoms with Crippen molar-refractivity contribution in [1.29, 1.82) is 0 Å². The summed E-state index contributed by atoms with van der Waals surface area (Å²) in [7, 11) is -4.47. The number of anilines is 1. The lowest BCUT2D eigenvalue weighted by Crippen LogP contribution is -2.24. The fourth-order valence-corrected chi connectivity index (χ4v) is 4.53. The number of rotatable bonds is 12. The molecule has 0 radical (unpaired) electrons. The molecule has 0 fully saturated rings. The van der Waals surface area contributed by atoms with Crippen LogP contribution in [0.4, 0.5) is 11.4 Å². The number of hydrogen-bond acceptors (Lipinski definition) is 11. The van der Waals surface area contributed by atoms with Gasteiger partial charge in [-0.1, -0.05) is 13.8 Å². The van der Waals surface area contributed by atoms with Crippen molar-refractivity contribution in [2.75, 3.05) is 24.6 Å². The van der Waals surface area contributed by atoms with Crippen molar-refractivity contribution in [3.63, 3.8) is 0 Å². The van der Waals surface area contributed by atoms with Gasteiger partial charge in [-0.25, -0.2) is 4.99 Å². The molecule has 0 saturated heterocycles. The number of aliphatic hydroxyl groups excluding tert-OH is 1. The van der Waals surface area contributed by atoms with E-state index >= 15 is 0 Å². The second-order valence-electron chi connectivity index (χ2n) is 8.38. The van der Waals surface area contributed by atoms with E-state index in [4.69, 9.17) is 9.73 Å². The summed E-state index contributed by atoms with van der Waals surface area (Å²) in [5.41, 5.74) is 2.65. The first kappa shape index (κ1) is 27.0. The largest absolute Gasteiger partial charge is 0.461 e. The van der Waals surface area contributed by atoms with Crippen molar-refractivity contribution < 1.29 is 27.6 Å². The topological polar surface area (TPSA) is 172 Å². The molecule has 1 aromatic carbocycles. The first-order valence-electron chi connectivity index (χ1n) is 11.9. The van der Waals surface area contributed by atoms with E-state index in [1.165, 1.54) is 10.9 Å². The van der Waals surface area contributed by atoms with E-state index in [0.717, 1.165) is 43.8 Å². The smallest absolute Gasteiger partial charge is 0.294 e. The Kier molecular flexibility index (Phi) is 8.24. The summed E-state index contributed by atoms with van der Waals surface area (Å²) >= 11 is 0. The van der Waals surface area contributed by atoms with E-state index in [1.807, 2.05) is 12.1 Å². The van der Waals surface area contributed by atoms with E-state index in [2.05, 4.69) is 39.0 Å². The predicted molar refractivity (Wildman–Crippen MR) is 139 cm³/mol. The van der Waals surface area contributed by atoms with Crippen molar-refractivity contribution >= 4 is 39.4 Å². The number of aliphatic imine (C=N–C) groups is 1. The van der Waals surface area contributed by atoms with E-state index in [-0.39, 0.29) is 53.3 Å². The molecule has 2 N–H and O–H groups in total. The minimum atomic E-state index is -4.47. The molecular formula is C24H27N7O6S. The molecule has 0 aliphatic carbocycles. The molecule has 1 aliphatic rings. The van der Waals surface area contributed by atoms with Gasteiger partial charge in [0.1, 0.15) is 23.7 Å². The number of hydrogen-bond donors (Lipinski definition) is 2. The Hall–Kier alpha value is -4.01. The van der Waals surface area contributed by atoms with Crippen LogP contribution in [-0.2, 0) is 26.3 Å². The van der Waals surface area contributed by atoms with Crippen molar-refractivity contribution in [2.24, 2.45) is 10.1 Å². The maximum atomic E-state index is 11.6. The van der Waals surface area contributed by atoms with Crippen LogP contribution in [-0.4, -0.2) is 75.5 Å². The number of aromatic nitrogens is 4. The van der Waals surface area contributed by atoms with Gasteiger partial charge in [0.2, 0.25) is 11.6 Å². The van der Waals surface area contributed by atoms with Crippen LogP contribution in [0.1, 0.15) is 38.1 Å². The predicted octanol–water partition coefficient (Wildman–Crippen LogP) is 2.22. The fraction of sp³-hybridized carbons (Fsp3) is 0.333. The highest BCUT2D eigenvalue weighted by Crippen LogP contribution is 2.29. The zero-order chi connectivity index (χ0) is 27.3. The summed E-state index contributed by atoms with van der Waals surface area (Å²) in [6, 6.07) is 7.89. The Morgan fingerprint density at radius 2 is 1.84 bits per heavy atom. The van der Waals surface area contributed by atoms with Crippen LogP contribution in [0.25, 0.3) is 11.5 Å². The number of pyridine rings is 1. The number of carbonyl (C=O) groups is 1. The van der Waals surface area contributed by atoms with Crippen molar-refractivity contribution in [1.82, 2.24) is 19.9 Å². The highest BCUT2D eigenvalue weighted by atomic mass is 32.2. The summed E-state index contributed by atoms with van der Waals surface area (Å²) in [5, 5.41) is 22.8. The average Bonchev–Trinajstić information content (AvgIpc) is 3.46. The molecule has 0 saturated carbocycles. The molecule has 38 heavy (non-hydrogen) atoms. The number of benzene rings is 1. The lowest BCUT2D eigenvalue weighted by atomic mass is 10.1. The minimum Gasteiger partial charge on any atom is -0.461 e. The molecule has 13 nitrogen and oxygen atoms in total. The van der Waals surface area contributed by atoms with Gasteiger partial charge < -0.3 is 14.7 Å². The molecule has 14 heteroatoms. The molecule has 0 amide bonds. The SMILES string of the molecule is CCCN(CCC)c1ccc(N=C2C(COC=O)=Nn3c2nnc3-c2cc(S(=O)(=O)O)ccn2)c(CO)c1. The van der Waals surface area contributed by atoms with E-state index in [9.17, 15) is 22.9 Å². The van der Waals surface area contributed by atoms with Crippen molar-refractivity contribution in [3.8, 4) is 11.5 Å². The Morgan fingerprint density at radius 1 is 1.11 bits per heavy atom. The van der Waals surface area contributed by atoms with Crippen LogP contribution in [0.2, 0.25) is 0 Å². The molecule has 4 rings (SSSR count). The molecule has 0 atom stereocenters. The van der Waals surface area contributed by atoms with Gasteiger partial charge in [0.15, 0.2) is 0 Å². The Bertz CT molecular complexity index is 1490. The number of aliphatic hydroxyl groups is 1. The second kappa shape index (κ2) is 11.6. The van der Waals surface area contributed by atoms with Gasteiger partial charge in [-0.3, -0.25) is 14.3 Å². The summed E-state index contributed by atoms with van der Waals surface area (Å²) < 4.78 is 38.8. The van der Waals surface area contributed by atoms with Crippen LogP contribution in [0.15, 0.2) is 51.5 Å². The molecule has 200 valence electrons. The maximum Gasteiger partial charge on any atom is 0.294 e. The van der Waals surface area contributed by atoms with Crippen molar-refractivity contribution in [3.05, 3.63) is 47.9 Å². The van der Waals surface area contributed by atoms with Crippen LogP contribution in [0.5, 0.6) is 0 Å². The molecule has 3 aromatic rings. The first-order chi connectivity index (χ1) is 18.3. The van der Waals surface area contributed by atoms with E-state index in [0.29, 0.717) is 11.3 Å². The lowest BCUT2D eigenvalue weighted by Gasteiger charge is -2.24. The van der Waals surface area contributed by atoms with Gasteiger partial charge in [0.05, 0.1) is 17.2 Å². The fourth-order valence-electron chi connectivity index (χ4n) is 4.03. The number of carbonyl (C=O) groups excluding carboxylic acids is 1. The normalized spacial score (nSPS) is 13.9. The summed E-state index contributed by atoms with van der Waals surface area (Å²) in [4.78, 5) is 21.6. The van der Waals surface area contributed by atoms with Crippen LogP contribution in [0.3, 0.4) is 0 Å². The summed E-state index contributed by atoms with van der Waals surface area (Å²) in [6.45, 7) is 5.79. The molecule has 0 bridgehead atoms. The van der Waals surface area contributed by atoms with Crippen molar-refractivity contribution in [2.45, 2.75) is 38.2 Å². The molecule has 2 aromatic heterocycles. The minimum absolute atomic E-state index is 0.0896. The molecular weight excluding hydrogens is 514 g/mol. The van der Waals surface area contributed by atoms with Gasteiger partial charge in [0, 0.05) is 30.5 Å².